The van der Waals surface area contributed by atoms with Crippen molar-refractivity contribution in [1.29, 1.82) is 0 Å². The predicted molar refractivity (Wildman–Crippen MR) is 61.2 cm³/mol. The number of rotatable bonds is 4. The first-order chi connectivity index (χ1) is 7.91. The number of nitrogens with two attached hydrogens (primary N) is 1. The van der Waals surface area contributed by atoms with E-state index in [4.69, 9.17) is 22.4 Å². The van der Waals surface area contributed by atoms with Gasteiger partial charge in [0.2, 0.25) is 5.91 Å². The van der Waals surface area contributed by atoms with Crippen LogP contribution >= 0.6 is 11.6 Å². The highest BCUT2D eigenvalue weighted by Crippen LogP contribution is 2.22. The zero-order valence-electron chi connectivity index (χ0n) is 8.61. The summed E-state index contributed by atoms with van der Waals surface area (Å²) in [6.45, 7) is 0. The van der Waals surface area contributed by atoms with Gasteiger partial charge in [-0.3, -0.25) is 4.79 Å². The number of carbonyl (C=O) groups is 2. The Balaban J connectivity index is 3.03. The molecule has 0 saturated heterocycles. The lowest BCUT2D eigenvalue weighted by atomic mass is 10.1. The normalized spacial score (nSPS) is 10.7. The molecular weight excluding hydrogens is 249 g/mol. The molecule has 4 nitrogen and oxygen atoms in total. The number of aromatic carboxylic acids is 1. The lowest BCUT2D eigenvalue weighted by Crippen LogP contribution is -2.07. The number of benzene rings is 1. The molecule has 0 aromatic heterocycles. The zero-order valence-corrected chi connectivity index (χ0v) is 9.37. The molecule has 1 aromatic rings. The molecule has 0 saturated carbocycles. The quantitative estimate of drug-likeness (QED) is 0.866. The summed E-state index contributed by atoms with van der Waals surface area (Å²) >= 11 is 5.66. The van der Waals surface area contributed by atoms with Gasteiger partial charge in [0.25, 0.3) is 0 Å². The topological polar surface area (TPSA) is 80.4 Å². The molecule has 1 aromatic carbocycles. The fourth-order valence-corrected chi connectivity index (χ4v) is 1.41. The molecule has 0 aliphatic carbocycles. The Kier molecular flexibility index (Phi) is 4.23. The van der Waals surface area contributed by atoms with Crippen LogP contribution in [0.4, 0.5) is 4.39 Å². The van der Waals surface area contributed by atoms with Crippen molar-refractivity contribution in [3.05, 3.63) is 40.2 Å². The number of primary amides is 1. The minimum atomic E-state index is -1.30. The second-order valence-electron chi connectivity index (χ2n) is 3.23. The summed E-state index contributed by atoms with van der Waals surface area (Å²) in [5.74, 6) is -2.58. The van der Waals surface area contributed by atoms with Gasteiger partial charge in [0.1, 0.15) is 5.82 Å². The third kappa shape index (κ3) is 3.57. The molecule has 90 valence electrons. The molecule has 0 unspecified atom stereocenters. The third-order valence-electron chi connectivity index (χ3n) is 1.93. The summed E-state index contributed by atoms with van der Waals surface area (Å²) < 4.78 is 13.4. The number of halogens is 2. The molecule has 6 heteroatoms. The molecule has 0 heterocycles. The highest BCUT2D eigenvalue weighted by molar-refractivity contribution is 6.33. The lowest BCUT2D eigenvalue weighted by molar-refractivity contribution is -0.117. The number of hydrogen-bond acceptors (Lipinski definition) is 2. The monoisotopic (exact) mass is 257 g/mol. The Labute approximate surface area is 101 Å². The molecule has 0 atom stereocenters. The van der Waals surface area contributed by atoms with E-state index in [0.717, 1.165) is 6.07 Å². The van der Waals surface area contributed by atoms with Crippen LogP contribution in [0.15, 0.2) is 18.2 Å². The van der Waals surface area contributed by atoms with Crippen LogP contribution in [0, 0.1) is 5.82 Å². The van der Waals surface area contributed by atoms with Gasteiger partial charge in [0, 0.05) is 12.0 Å². The summed E-state index contributed by atoms with van der Waals surface area (Å²) in [6.07, 6.45) is 2.66. The molecule has 0 radical (unpaired) electrons. The SMILES string of the molecule is NC(=O)CC=Cc1cc(Cl)c(C(=O)O)cc1F. The van der Waals surface area contributed by atoms with Crippen molar-refractivity contribution in [2.24, 2.45) is 5.73 Å². The summed E-state index contributed by atoms with van der Waals surface area (Å²) in [5, 5.41) is 8.63. The van der Waals surface area contributed by atoms with E-state index in [-0.39, 0.29) is 22.6 Å². The van der Waals surface area contributed by atoms with Crippen LogP contribution < -0.4 is 5.73 Å². The van der Waals surface area contributed by atoms with Gasteiger partial charge in [-0.15, -0.1) is 0 Å². The fraction of sp³-hybridized carbons (Fsp3) is 0.0909. The van der Waals surface area contributed by atoms with Crippen molar-refractivity contribution in [2.75, 3.05) is 0 Å². The molecule has 17 heavy (non-hydrogen) atoms. The van der Waals surface area contributed by atoms with Gasteiger partial charge in [0.05, 0.1) is 10.6 Å². The van der Waals surface area contributed by atoms with Gasteiger partial charge < -0.3 is 10.8 Å². The first kappa shape index (κ1) is 13.2. The Morgan fingerprint density at radius 3 is 2.65 bits per heavy atom. The largest absolute Gasteiger partial charge is 0.478 e. The van der Waals surface area contributed by atoms with E-state index < -0.39 is 17.7 Å². The highest BCUT2D eigenvalue weighted by atomic mass is 35.5. The Morgan fingerprint density at radius 1 is 1.47 bits per heavy atom. The Bertz CT molecular complexity index is 500. The van der Waals surface area contributed by atoms with Crippen LogP contribution in [0.5, 0.6) is 0 Å². The van der Waals surface area contributed by atoms with Crippen molar-refractivity contribution >= 4 is 29.6 Å². The van der Waals surface area contributed by atoms with E-state index in [1.54, 1.807) is 0 Å². The van der Waals surface area contributed by atoms with Crippen molar-refractivity contribution in [3.63, 3.8) is 0 Å². The molecular formula is C11H9ClFNO3. The predicted octanol–water partition coefficient (Wildman–Crippen LogP) is 2.07. The van der Waals surface area contributed by atoms with Gasteiger partial charge in [-0.25, -0.2) is 9.18 Å². The fourth-order valence-electron chi connectivity index (χ4n) is 1.16. The number of carboxylic acids is 1. The molecule has 0 bridgehead atoms. The van der Waals surface area contributed by atoms with Gasteiger partial charge in [-0.05, 0) is 12.1 Å². The van der Waals surface area contributed by atoms with Crippen LogP contribution in [0.25, 0.3) is 6.08 Å². The lowest BCUT2D eigenvalue weighted by Gasteiger charge is -2.02. The molecule has 3 N–H and O–H groups in total. The van der Waals surface area contributed by atoms with Crippen LogP contribution in [0.3, 0.4) is 0 Å². The third-order valence-corrected chi connectivity index (χ3v) is 2.25. The smallest absolute Gasteiger partial charge is 0.337 e. The average Bonchev–Trinajstić information content (AvgIpc) is 2.21. The number of carbonyl (C=O) groups excluding carboxylic acids is 1. The minimum absolute atomic E-state index is 0.0300. The van der Waals surface area contributed by atoms with Crippen LogP contribution in [-0.4, -0.2) is 17.0 Å². The minimum Gasteiger partial charge on any atom is -0.478 e. The van der Waals surface area contributed by atoms with Gasteiger partial charge in [0.15, 0.2) is 0 Å². The molecule has 1 rings (SSSR count). The van der Waals surface area contributed by atoms with E-state index >= 15 is 0 Å². The van der Waals surface area contributed by atoms with Crippen LogP contribution in [0.2, 0.25) is 5.02 Å². The van der Waals surface area contributed by atoms with E-state index in [2.05, 4.69) is 0 Å². The number of hydrogen-bond donors (Lipinski definition) is 2. The summed E-state index contributed by atoms with van der Waals surface area (Å²) in [4.78, 5) is 21.1. The van der Waals surface area contributed by atoms with Crippen LogP contribution in [0.1, 0.15) is 22.3 Å². The summed E-state index contributed by atoms with van der Waals surface area (Å²) in [5.41, 5.74) is 4.69. The Morgan fingerprint density at radius 2 is 2.12 bits per heavy atom. The first-order valence-electron chi connectivity index (χ1n) is 4.59. The van der Waals surface area contributed by atoms with Crippen molar-refractivity contribution in [2.45, 2.75) is 6.42 Å². The molecule has 0 fully saturated rings. The Hall–Kier alpha value is -1.88. The first-order valence-corrected chi connectivity index (χ1v) is 4.96. The molecule has 0 aliphatic heterocycles. The standard InChI is InChI=1S/C11H9ClFNO3/c12-8-4-6(2-1-3-10(14)15)9(13)5-7(8)11(16)17/h1-2,4-5H,3H2,(H2,14,15)(H,16,17). The maximum Gasteiger partial charge on any atom is 0.337 e. The second-order valence-corrected chi connectivity index (χ2v) is 3.64. The highest BCUT2D eigenvalue weighted by Gasteiger charge is 2.12. The molecule has 0 aliphatic rings. The van der Waals surface area contributed by atoms with Gasteiger partial charge >= 0.3 is 5.97 Å². The number of amides is 1. The second kappa shape index (κ2) is 5.45. The van der Waals surface area contributed by atoms with E-state index in [0.29, 0.717) is 0 Å². The van der Waals surface area contributed by atoms with Crippen LogP contribution in [-0.2, 0) is 4.79 Å². The average molecular weight is 258 g/mol. The summed E-state index contributed by atoms with van der Waals surface area (Å²) in [6, 6.07) is 2.01. The maximum atomic E-state index is 13.4. The molecule has 1 amide bonds. The van der Waals surface area contributed by atoms with Crippen molar-refractivity contribution < 1.29 is 19.1 Å². The van der Waals surface area contributed by atoms with E-state index in [1.807, 2.05) is 0 Å². The van der Waals surface area contributed by atoms with E-state index in [9.17, 15) is 14.0 Å². The number of carboxylic acid groups (broad SMARTS) is 1. The van der Waals surface area contributed by atoms with Crippen molar-refractivity contribution in [3.8, 4) is 0 Å². The maximum absolute atomic E-state index is 13.4. The van der Waals surface area contributed by atoms with Gasteiger partial charge in [-0.2, -0.15) is 0 Å². The summed E-state index contributed by atoms with van der Waals surface area (Å²) in [7, 11) is 0. The van der Waals surface area contributed by atoms with Gasteiger partial charge in [-0.1, -0.05) is 23.8 Å². The van der Waals surface area contributed by atoms with E-state index in [1.165, 1.54) is 18.2 Å². The zero-order chi connectivity index (χ0) is 13.0. The molecule has 0 spiro atoms. The van der Waals surface area contributed by atoms with Crippen molar-refractivity contribution in [1.82, 2.24) is 0 Å².